The van der Waals surface area contributed by atoms with Crippen LogP contribution < -0.4 is 0 Å². The van der Waals surface area contributed by atoms with Gasteiger partial charge in [-0.15, -0.1) is 0 Å². The third-order valence-electron chi connectivity index (χ3n) is 4.17. The maximum Gasteiger partial charge on any atom is 0.464 e. The molecule has 3 heteroatoms. The summed E-state index contributed by atoms with van der Waals surface area (Å²) in [5.74, 6) is 0.308. The van der Waals surface area contributed by atoms with Crippen molar-refractivity contribution in [2.45, 2.75) is 84.7 Å². The van der Waals surface area contributed by atoms with E-state index in [0.29, 0.717) is 5.82 Å². The van der Waals surface area contributed by atoms with Crippen molar-refractivity contribution < 1.29 is 9.31 Å². The van der Waals surface area contributed by atoms with Crippen molar-refractivity contribution in [3.8, 4) is 0 Å². The van der Waals surface area contributed by atoms with Gasteiger partial charge >= 0.3 is 7.12 Å². The van der Waals surface area contributed by atoms with E-state index in [1.807, 2.05) is 0 Å². The molecule has 2 nitrogen and oxygen atoms in total. The molecule has 0 aromatic rings. The average Bonchev–Trinajstić information content (AvgIpc) is 2.45. The lowest BCUT2D eigenvalue weighted by molar-refractivity contribution is 0.00578. The van der Waals surface area contributed by atoms with E-state index >= 15 is 0 Å². The molecule has 0 saturated carbocycles. The summed E-state index contributed by atoms with van der Waals surface area (Å²) in [5.41, 5.74) is 0.993. The third kappa shape index (κ3) is 3.61. The lowest BCUT2D eigenvalue weighted by Gasteiger charge is -2.32. The first-order chi connectivity index (χ1) is 8.19. The monoisotopic (exact) mass is 252 g/mol. The van der Waals surface area contributed by atoms with E-state index in [2.05, 4.69) is 54.5 Å². The van der Waals surface area contributed by atoms with Crippen LogP contribution in [0.3, 0.4) is 0 Å². The lowest BCUT2D eigenvalue weighted by atomic mass is 9.72. The molecule has 18 heavy (non-hydrogen) atoms. The molecule has 1 saturated heterocycles. The summed E-state index contributed by atoms with van der Waals surface area (Å²) < 4.78 is 12.1. The topological polar surface area (TPSA) is 18.5 Å². The molecule has 1 aliphatic heterocycles. The molecule has 0 amide bonds. The fourth-order valence-electron chi connectivity index (χ4n) is 2.17. The minimum atomic E-state index is -0.225. The summed E-state index contributed by atoms with van der Waals surface area (Å²) in [5, 5.41) is 0. The van der Waals surface area contributed by atoms with Crippen molar-refractivity contribution in [3.05, 3.63) is 11.6 Å². The van der Waals surface area contributed by atoms with Crippen molar-refractivity contribution >= 4 is 7.12 Å². The first-order valence-electron chi connectivity index (χ1n) is 7.22. The highest BCUT2D eigenvalue weighted by Crippen LogP contribution is 2.40. The summed E-state index contributed by atoms with van der Waals surface area (Å²) in [7, 11) is -0.119. The maximum absolute atomic E-state index is 6.06. The predicted octanol–water partition coefficient (Wildman–Crippen LogP) is 4.61. The highest BCUT2D eigenvalue weighted by molar-refractivity contribution is 6.48. The Kier molecular flexibility index (Phi) is 5.08. The molecule has 1 rings (SSSR count). The number of hydrogen-bond acceptors (Lipinski definition) is 2. The number of unbranched alkanes of at least 4 members (excludes halogenated alkanes) is 1. The molecule has 0 aliphatic carbocycles. The van der Waals surface area contributed by atoms with E-state index in [1.165, 1.54) is 24.8 Å². The molecule has 0 aromatic carbocycles. The third-order valence-corrected chi connectivity index (χ3v) is 4.17. The standard InChI is InChI=1S/C15H29BO2/c1-8-9-10-12(2)11-13(3)16-17-14(4,5)15(6,7)18-16/h11,13H,8-10H2,1-7H3/b12-11+. The minimum Gasteiger partial charge on any atom is -0.403 e. The molecule has 1 aliphatic rings. The predicted molar refractivity (Wildman–Crippen MR) is 78.8 cm³/mol. The molecule has 0 spiro atoms. The molecule has 1 fully saturated rings. The molecule has 0 N–H and O–H groups in total. The van der Waals surface area contributed by atoms with Gasteiger partial charge in [-0.1, -0.05) is 31.9 Å². The van der Waals surface area contributed by atoms with E-state index in [9.17, 15) is 0 Å². The summed E-state index contributed by atoms with van der Waals surface area (Å²) in [6.07, 6.45) is 5.99. The smallest absolute Gasteiger partial charge is 0.403 e. The van der Waals surface area contributed by atoms with Crippen LogP contribution in [0.5, 0.6) is 0 Å². The lowest BCUT2D eigenvalue weighted by Crippen LogP contribution is -2.41. The normalized spacial score (nSPS) is 24.4. The van der Waals surface area contributed by atoms with Crippen LogP contribution in [-0.2, 0) is 9.31 Å². The van der Waals surface area contributed by atoms with Crippen LogP contribution in [0.1, 0.15) is 67.7 Å². The Labute approximate surface area is 113 Å². The highest BCUT2D eigenvalue weighted by atomic mass is 16.7. The average molecular weight is 252 g/mol. The van der Waals surface area contributed by atoms with Gasteiger partial charge in [0.05, 0.1) is 11.2 Å². The van der Waals surface area contributed by atoms with Crippen molar-refractivity contribution in [2.75, 3.05) is 0 Å². The van der Waals surface area contributed by atoms with Crippen molar-refractivity contribution in [2.24, 2.45) is 0 Å². The van der Waals surface area contributed by atoms with Gasteiger partial charge in [-0.25, -0.2) is 0 Å². The molecule has 1 heterocycles. The van der Waals surface area contributed by atoms with Crippen LogP contribution in [-0.4, -0.2) is 18.3 Å². The van der Waals surface area contributed by atoms with Crippen LogP contribution in [0, 0.1) is 0 Å². The first-order valence-corrected chi connectivity index (χ1v) is 7.22. The summed E-state index contributed by atoms with van der Waals surface area (Å²) in [6, 6.07) is 0. The quantitative estimate of drug-likeness (QED) is 0.525. The van der Waals surface area contributed by atoms with Crippen LogP contribution in [0.25, 0.3) is 0 Å². The van der Waals surface area contributed by atoms with Crippen LogP contribution in [0.2, 0.25) is 5.82 Å². The van der Waals surface area contributed by atoms with Crippen LogP contribution in [0.4, 0.5) is 0 Å². The van der Waals surface area contributed by atoms with E-state index in [1.54, 1.807) is 0 Å². The van der Waals surface area contributed by atoms with Gasteiger partial charge in [-0.2, -0.15) is 0 Å². The minimum absolute atomic E-state index is 0.119. The molecule has 0 radical (unpaired) electrons. The van der Waals surface area contributed by atoms with Gasteiger partial charge in [-0.05, 0) is 47.5 Å². The molecule has 0 aromatic heterocycles. The maximum atomic E-state index is 6.06. The molecule has 1 unspecified atom stereocenters. The second-order valence-electron chi connectivity index (χ2n) is 6.60. The second-order valence-corrected chi connectivity index (χ2v) is 6.60. The SMILES string of the molecule is CCCC/C(C)=C/C(C)B1OC(C)(C)C(C)(C)O1. The summed E-state index contributed by atoms with van der Waals surface area (Å²) >= 11 is 0. The molecule has 0 bridgehead atoms. The molecule has 1 atom stereocenters. The number of hydrogen-bond donors (Lipinski definition) is 0. The Morgan fingerprint density at radius 2 is 1.67 bits per heavy atom. The van der Waals surface area contributed by atoms with Gasteiger partial charge < -0.3 is 9.31 Å². The Bertz CT molecular complexity index is 292. The number of rotatable bonds is 5. The summed E-state index contributed by atoms with van der Waals surface area (Å²) in [6.45, 7) is 15.0. The van der Waals surface area contributed by atoms with Gasteiger partial charge in [0, 0.05) is 5.82 Å². The van der Waals surface area contributed by atoms with Crippen LogP contribution >= 0.6 is 0 Å². The van der Waals surface area contributed by atoms with Gasteiger partial charge in [0.25, 0.3) is 0 Å². The van der Waals surface area contributed by atoms with Gasteiger partial charge in [-0.3, -0.25) is 0 Å². The second kappa shape index (κ2) is 5.79. The fourth-order valence-corrected chi connectivity index (χ4v) is 2.17. The van der Waals surface area contributed by atoms with Gasteiger partial charge in [0.1, 0.15) is 0 Å². The van der Waals surface area contributed by atoms with E-state index in [-0.39, 0.29) is 18.3 Å². The molecular formula is C15H29BO2. The molecular weight excluding hydrogens is 223 g/mol. The molecule has 104 valence electrons. The Morgan fingerprint density at radius 3 is 2.11 bits per heavy atom. The van der Waals surface area contributed by atoms with Crippen molar-refractivity contribution in [3.63, 3.8) is 0 Å². The Morgan fingerprint density at radius 1 is 1.17 bits per heavy atom. The van der Waals surface area contributed by atoms with Crippen molar-refractivity contribution in [1.29, 1.82) is 0 Å². The highest BCUT2D eigenvalue weighted by Gasteiger charge is 2.52. The van der Waals surface area contributed by atoms with Gasteiger partial charge in [0.2, 0.25) is 0 Å². The zero-order chi connectivity index (χ0) is 14.0. The van der Waals surface area contributed by atoms with Gasteiger partial charge in [0.15, 0.2) is 0 Å². The van der Waals surface area contributed by atoms with E-state index in [4.69, 9.17) is 9.31 Å². The fraction of sp³-hybridized carbons (Fsp3) is 0.867. The zero-order valence-electron chi connectivity index (χ0n) is 13.2. The first kappa shape index (κ1) is 15.8. The summed E-state index contributed by atoms with van der Waals surface area (Å²) in [4.78, 5) is 0. The number of allylic oxidation sites excluding steroid dienone is 2. The Balaban J connectivity index is 2.62. The van der Waals surface area contributed by atoms with Crippen molar-refractivity contribution in [1.82, 2.24) is 0 Å². The Hall–Kier alpha value is -0.275. The zero-order valence-corrected chi connectivity index (χ0v) is 13.2. The van der Waals surface area contributed by atoms with E-state index in [0.717, 1.165) is 0 Å². The van der Waals surface area contributed by atoms with Crippen LogP contribution in [0.15, 0.2) is 11.6 Å². The largest absolute Gasteiger partial charge is 0.464 e. The van der Waals surface area contributed by atoms with E-state index < -0.39 is 0 Å².